The van der Waals surface area contributed by atoms with E-state index < -0.39 is 0 Å². The molecule has 1 aliphatic rings. The third kappa shape index (κ3) is 1.94. The van der Waals surface area contributed by atoms with Crippen LogP contribution in [0.3, 0.4) is 0 Å². The fourth-order valence-corrected chi connectivity index (χ4v) is 1.95. The molecule has 15 heavy (non-hydrogen) atoms. The first kappa shape index (κ1) is 10.3. The Hall–Kier alpha value is -1.19. The van der Waals surface area contributed by atoms with E-state index >= 15 is 0 Å². The number of fused-ring (bicyclic) bond motifs is 1. The van der Waals surface area contributed by atoms with Gasteiger partial charge in [0.15, 0.2) is 0 Å². The van der Waals surface area contributed by atoms with Gasteiger partial charge >= 0.3 is 0 Å². The molecule has 0 aliphatic carbocycles. The van der Waals surface area contributed by atoms with Crippen molar-refractivity contribution in [3.8, 4) is 0 Å². The zero-order chi connectivity index (χ0) is 10.7. The highest BCUT2D eigenvalue weighted by atomic mass is 16.3. The first-order chi connectivity index (χ1) is 7.36. The van der Waals surface area contributed by atoms with Gasteiger partial charge in [-0.1, -0.05) is 24.3 Å². The van der Waals surface area contributed by atoms with Gasteiger partial charge in [-0.2, -0.15) is 0 Å². The van der Waals surface area contributed by atoms with Gasteiger partial charge in [-0.05, 0) is 17.5 Å². The van der Waals surface area contributed by atoms with Crippen molar-refractivity contribution < 1.29 is 10.2 Å². The maximum absolute atomic E-state index is 9.16. The summed E-state index contributed by atoms with van der Waals surface area (Å²) in [5, 5.41) is 18.3. The molecule has 0 spiro atoms. The number of aliphatic imine (C=N–C) groups is 1. The third-order valence-corrected chi connectivity index (χ3v) is 2.78. The molecular weight excluding hydrogens is 190 g/mol. The molecule has 0 aromatic heterocycles. The van der Waals surface area contributed by atoms with E-state index in [1.807, 2.05) is 18.2 Å². The van der Waals surface area contributed by atoms with E-state index in [-0.39, 0.29) is 19.1 Å². The molecule has 0 saturated carbocycles. The molecule has 0 radical (unpaired) electrons. The summed E-state index contributed by atoms with van der Waals surface area (Å²) in [7, 11) is 0. The van der Waals surface area contributed by atoms with Crippen LogP contribution in [0.25, 0.3) is 0 Å². The van der Waals surface area contributed by atoms with Crippen LogP contribution in [-0.4, -0.2) is 35.7 Å². The van der Waals surface area contributed by atoms with Crippen LogP contribution in [0.5, 0.6) is 0 Å². The predicted octanol–water partition coefficient (Wildman–Crippen LogP) is 0.633. The van der Waals surface area contributed by atoms with Crippen LogP contribution >= 0.6 is 0 Å². The van der Waals surface area contributed by atoms with Crippen molar-refractivity contribution in [1.29, 1.82) is 0 Å². The lowest BCUT2D eigenvalue weighted by atomic mass is 9.90. The molecular formula is C12H15NO2. The SMILES string of the molecule is OCC(CO)C1=NCCc2ccccc21. The molecule has 0 unspecified atom stereocenters. The van der Waals surface area contributed by atoms with E-state index in [0.29, 0.717) is 0 Å². The van der Waals surface area contributed by atoms with Crippen molar-refractivity contribution in [2.75, 3.05) is 19.8 Å². The second-order valence-corrected chi connectivity index (χ2v) is 3.74. The Kier molecular flexibility index (Phi) is 3.14. The smallest absolute Gasteiger partial charge is 0.0537 e. The molecule has 0 saturated heterocycles. The molecule has 1 aromatic carbocycles. The lowest BCUT2D eigenvalue weighted by Gasteiger charge is -2.21. The standard InChI is InChI=1S/C12H15NO2/c14-7-10(8-15)12-11-4-2-1-3-9(11)5-6-13-12/h1-4,10,14-15H,5-8H2. The van der Waals surface area contributed by atoms with Gasteiger partial charge < -0.3 is 10.2 Å². The van der Waals surface area contributed by atoms with Crippen molar-refractivity contribution in [3.05, 3.63) is 35.4 Å². The van der Waals surface area contributed by atoms with Crippen molar-refractivity contribution in [2.24, 2.45) is 10.9 Å². The number of hydrogen-bond acceptors (Lipinski definition) is 3. The minimum absolute atomic E-state index is 0.0519. The summed E-state index contributed by atoms with van der Waals surface area (Å²) >= 11 is 0. The summed E-state index contributed by atoms with van der Waals surface area (Å²) in [6.45, 7) is 0.649. The molecule has 3 nitrogen and oxygen atoms in total. The summed E-state index contributed by atoms with van der Waals surface area (Å²) in [6, 6.07) is 8.06. The summed E-state index contributed by atoms with van der Waals surface area (Å²) in [4.78, 5) is 4.41. The lowest BCUT2D eigenvalue weighted by Crippen LogP contribution is -2.27. The largest absolute Gasteiger partial charge is 0.396 e. The van der Waals surface area contributed by atoms with Gasteiger partial charge in [-0.3, -0.25) is 4.99 Å². The Morgan fingerprint density at radius 3 is 2.67 bits per heavy atom. The van der Waals surface area contributed by atoms with Gasteiger partial charge in [0.1, 0.15) is 0 Å². The van der Waals surface area contributed by atoms with Crippen molar-refractivity contribution >= 4 is 5.71 Å². The summed E-state index contributed by atoms with van der Waals surface area (Å²) < 4.78 is 0. The first-order valence-electron chi connectivity index (χ1n) is 5.21. The van der Waals surface area contributed by atoms with Gasteiger partial charge in [-0.25, -0.2) is 0 Å². The van der Waals surface area contributed by atoms with E-state index in [2.05, 4.69) is 11.1 Å². The molecule has 3 heteroatoms. The van der Waals surface area contributed by atoms with Crippen LogP contribution in [0, 0.1) is 5.92 Å². The van der Waals surface area contributed by atoms with E-state index in [1.54, 1.807) is 0 Å². The molecule has 0 fully saturated rings. The van der Waals surface area contributed by atoms with Crippen LogP contribution in [0.2, 0.25) is 0 Å². The molecule has 1 aliphatic heterocycles. The molecule has 2 rings (SSSR count). The van der Waals surface area contributed by atoms with Crippen LogP contribution in [0.1, 0.15) is 11.1 Å². The Bertz CT molecular complexity index is 370. The molecule has 80 valence electrons. The summed E-state index contributed by atoms with van der Waals surface area (Å²) in [6.07, 6.45) is 0.948. The normalized spacial score (nSPS) is 15.0. The maximum Gasteiger partial charge on any atom is 0.0537 e. The second kappa shape index (κ2) is 4.55. The number of benzene rings is 1. The van der Waals surface area contributed by atoms with E-state index in [1.165, 1.54) is 5.56 Å². The minimum atomic E-state index is -0.244. The van der Waals surface area contributed by atoms with E-state index in [4.69, 9.17) is 10.2 Å². The molecule has 1 aromatic rings. The van der Waals surface area contributed by atoms with Gasteiger partial charge in [0.25, 0.3) is 0 Å². The highest BCUT2D eigenvalue weighted by molar-refractivity contribution is 6.04. The van der Waals surface area contributed by atoms with Crippen LogP contribution in [0.15, 0.2) is 29.3 Å². The molecule has 0 amide bonds. The Morgan fingerprint density at radius 1 is 1.20 bits per heavy atom. The average molecular weight is 205 g/mol. The number of rotatable bonds is 3. The quantitative estimate of drug-likeness (QED) is 0.760. The monoisotopic (exact) mass is 205 g/mol. The van der Waals surface area contributed by atoms with Gasteiger partial charge in [-0.15, -0.1) is 0 Å². The van der Waals surface area contributed by atoms with Crippen molar-refractivity contribution in [2.45, 2.75) is 6.42 Å². The van der Waals surface area contributed by atoms with Crippen molar-refractivity contribution in [1.82, 2.24) is 0 Å². The number of nitrogens with zero attached hydrogens (tertiary/aromatic N) is 1. The molecule has 1 heterocycles. The summed E-state index contributed by atoms with van der Waals surface area (Å²) in [5.74, 6) is -0.244. The fraction of sp³-hybridized carbons (Fsp3) is 0.417. The molecule has 0 atom stereocenters. The first-order valence-corrected chi connectivity index (χ1v) is 5.21. The highest BCUT2D eigenvalue weighted by Gasteiger charge is 2.20. The van der Waals surface area contributed by atoms with Gasteiger partial charge in [0, 0.05) is 18.2 Å². The van der Waals surface area contributed by atoms with Crippen LogP contribution in [-0.2, 0) is 6.42 Å². The minimum Gasteiger partial charge on any atom is -0.396 e. The zero-order valence-electron chi connectivity index (χ0n) is 8.56. The van der Waals surface area contributed by atoms with Gasteiger partial charge in [0.2, 0.25) is 0 Å². The fourth-order valence-electron chi connectivity index (χ4n) is 1.95. The number of aliphatic hydroxyl groups excluding tert-OH is 2. The van der Waals surface area contributed by atoms with Crippen molar-refractivity contribution in [3.63, 3.8) is 0 Å². The second-order valence-electron chi connectivity index (χ2n) is 3.74. The average Bonchev–Trinajstić information content (AvgIpc) is 2.31. The predicted molar refractivity (Wildman–Crippen MR) is 59.2 cm³/mol. The maximum atomic E-state index is 9.16. The topological polar surface area (TPSA) is 52.8 Å². The molecule has 0 bridgehead atoms. The Labute approximate surface area is 89.1 Å². The van der Waals surface area contributed by atoms with E-state index in [9.17, 15) is 0 Å². The molecule has 2 N–H and O–H groups in total. The zero-order valence-corrected chi connectivity index (χ0v) is 8.56. The van der Waals surface area contributed by atoms with Crippen LogP contribution in [0.4, 0.5) is 0 Å². The van der Waals surface area contributed by atoms with E-state index in [0.717, 1.165) is 24.2 Å². The lowest BCUT2D eigenvalue weighted by molar-refractivity contribution is 0.188. The van der Waals surface area contributed by atoms with Gasteiger partial charge in [0.05, 0.1) is 13.2 Å². The Morgan fingerprint density at radius 2 is 1.93 bits per heavy atom. The van der Waals surface area contributed by atoms with Crippen LogP contribution < -0.4 is 0 Å². The Balaban J connectivity index is 2.37. The third-order valence-electron chi connectivity index (χ3n) is 2.78. The highest BCUT2D eigenvalue weighted by Crippen LogP contribution is 2.19. The number of hydrogen-bond donors (Lipinski definition) is 2. The summed E-state index contributed by atoms with van der Waals surface area (Å²) in [5.41, 5.74) is 3.19. The number of aliphatic hydroxyl groups is 2.